The minimum atomic E-state index is -0.326. The molecule has 3 nitrogen and oxygen atoms in total. The molecule has 1 heterocycles. The predicted molar refractivity (Wildman–Crippen MR) is 64.7 cm³/mol. The second-order valence-corrected chi connectivity index (χ2v) is 4.00. The van der Waals surface area contributed by atoms with E-state index in [0.717, 1.165) is 18.5 Å². The summed E-state index contributed by atoms with van der Waals surface area (Å²) in [6.45, 7) is 4.08. The minimum Gasteiger partial charge on any atom is -0.305 e. The molecule has 1 N–H and O–H groups in total. The maximum atomic E-state index is 12.8. The normalized spacial score (nSPS) is 14.0. The summed E-state index contributed by atoms with van der Waals surface area (Å²) in [4.78, 5) is 4.08. The van der Waals surface area contributed by atoms with Gasteiger partial charge in [-0.05, 0) is 25.0 Å². The largest absolute Gasteiger partial charge is 0.305 e. The van der Waals surface area contributed by atoms with E-state index in [1.807, 2.05) is 13.8 Å². The summed E-state index contributed by atoms with van der Waals surface area (Å²) < 4.78 is 12.8. The van der Waals surface area contributed by atoms with Gasteiger partial charge in [-0.1, -0.05) is 13.8 Å². The Kier molecular flexibility index (Phi) is 5.58. The Balaban J connectivity index is 2.71. The highest BCUT2D eigenvalue weighted by Crippen LogP contribution is 2.16. The molecule has 17 heavy (non-hydrogen) atoms. The zero-order chi connectivity index (χ0) is 12.7. The van der Waals surface area contributed by atoms with Crippen LogP contribution in [0.5, 0.6) is 0 Å². The van der Waals surface area contributed by atoms with Crippen LogP contribution in [0.1, 0.15) is 44.8 Å². The predicted octanol–water partition coefficient (Wildman–Crippen LogP) is 2.95. The quantitative estimate of drug-likeness (QED) is 0.824. The number of halogens is 1. The van der Waals surface area contributed by atoms with Crippen LogP contribution in [0.25, 0.3) is 0 Å². The molecule has 0 aliphatic rings. The molecule has 1 aromatic heterocycles. The van der Waals surface area contributed by atoms with Gasteiger partial charge in [-0.25, -0.2) is 4.39 Å². The Morgan fingerprint density at radius 1 is 1.41 bits per heavy atom. The van der Waals surface area contributed by atoms with Crippen molar-refractivity contribution in [3.05, 3.63) is 29.8 Å². The van der Waals surface area contributed by atoms with Gasteiger partial charge in [-0.15, -0.1) is 0 Å². The summed E-state index contributed by atoms with van der Waals surface area (Å²) in [5, 5.41) is 12.1. The van der Waals surface area contributed by atoms with Gasteiger partial charge in [-0.3, -0.25) is 4.98 Å². The monoisotopic (exact) mass is 235 g/mol. The van der Waals surface area contributed by atoms with Crippen LogP contribution in [0.4, 0.5) is 4.39 Å². The molecule has 0 aliphatic carbocycles. The van der Waals surface area contributed by atoms with E-state index >= 15 is 0 Å². The van der Waals surface area contributed by atoms with Crippen LogP contribution in [0.3, 0.4) is 0 Å². The fraction of sp³-hybridized carbons (Fsp3) is 0.538. The first-order valence-corrected chi connectivity index (χ1v) is 5.95. The number of hydrogen-bond donors (Lipinski definition) is 1. The van der Waals surface area contributed by atoms with Gasteiger partial charge in [0, 0.05) is 12.1 Å². The topological polar surface area (TPSA) is 48.7 Å². The van der Waals surface area contributed by atoms with Crippen molar-refractivity contribution in [2.24, 2.45) is 0 Å². The van der Waals surface area contributed by atoms with Crippen molar-refractivity contribution in [3.8, 4) is 6.07 Å². The van der Waals surface area contributed by atoms with E-state index in [4.69, 9.17) is 5.26 Å². The number of aromatic nitrogens is 1. The Bertz CT molecular complexity index is 369. The van der Waals surface area contributed by atoms with Crippen molar-refractivity contribution in [2.75, 3.05) is 0 Å². The lowest BCUT2D eigenvalue weighted by molar-refractivity contribution is 0.412. The zero-order valence-electron chi connectivity index (χ0n) is 10.3. The molecule has 4 heteroatoms. The van der Waals surface area contributed by atoms with Gasteiger partial charge in [0.25, 0.3) is 0 Å². The lowest BCUT2D eigenvalue weighted by Gasteiger charge is -2.22. The van der Waals surface area contributed by atoms with Gasteiger partial charge in [0.15, 0.2) is 0 Å². The standard InChI is InChI=1S/C13H18FN3/c1-3-11(7-8-15)17-12(4-2)13-6-5-10(14)9-16-13/h5-6,9,11-12,17H,3-4,7H2,1-2H3. The smallest absolute Gasteiger partial charge is 0.141 e. The van der Waals surface area contributed by atoms with Crippen molar-refractivity contribution in [2.45, 2.75) is 45.2 Å². The highest BCUT2D eigenvalue weighted by molar-refractivity contribution is 5.10. The van der Waals surface area contributed by atoms with Gasteiger partial charge in [0.05, 0.1) is 24.4 Å². The van der Waals surface area contributed by atoms with E-state index in [1.165, 1.54) is 12.3 Å². The second kappa shape index (κ2) is 6.97. The molecule has 0 saturated heterocycles. The Morgan fingerprint density at radius 2 is 2.18 bits per heavy atom. The highest BCUT2D eigenvalue weighted by atomic mass is 19.1. The fourth-order valence-corrected chi connectivity index (χ4v) is 1.72. The van der Waals surface area contributed by atoms with Crippen molar-refractivity contribution in [3.63, 3.8) is 0 Å². The molecule has 0 spiro atoms. The van der Waals surface area contributed by atoms with Gasteiger partial charge < -0.3 is 5.32 Å². The molecule has 1 aromatic rings. The average molecular weight is 235 g/mol. The molecule has 2 atom stereocenters. The van der Waals surface area contributed by atoms with Crippen LogP contribution in [0, 0.1) is 17.1 Å². The van der Waals surface area contributed by atoms with E-state index in [0.29, 0.717) is 6.42 Å². The number of nitrogens with one attached hydrogen (secondary N) is 1. The van der Waals surface area contributed by atoms with Crippen molar-refractivity contribution in [1.29, 1.82) is 5.26 Å². The summed E-state index contributed by atoms with van der Waals surface area (Å²) in [5.41, 5.74) is 0.824. The van der Waals surface area contributed by atoms with Crippen LogP contribution in [0.2, 0.25) is 0 Å². The van der Waals surface area contributed by atoms with Crippen LogP contribution >= 0.6 is 0 Å². The van der Waals surface area contributed by atoms with Crippen molar-refractivity contribution in [1.82, 2.24) is 10.3 Å². The van der Waals surface area contributed by atoms with Crippen LogP contribution < -0.4 is 5.32 Å². The first kappa shape index (κ1) is 13.6. The SMILES string of the molecule is CCC(CC#N)NC(CC)c1ccc(F)cn1. The second-order valence-electron chi connectivity index (χ2n) is 4.00. The molecule has 0 bridgehead atoms. The molecular weight excluding hydrogens is 217 g/mol. The summed E-state index contributed by atoms with van der Waals surface area (Å²) in [6, 6.07) is 5.51. The summed E-state index contributed by atoms with van der Waals surface area (Å²) >= 11 is 0. The summed E-state index contributed by atoms with van der Waals surface area (Å²) in [6.07, 6.45) is 3.46. The molecule has 0 radical (unpaired) electrons. The Hall–Kier alpha value is -1.47. The third kappa shape index (κ3) is 4.12. The lowest BCUT2D eigenvalue weighted by atomic mass is 10.1. The molecular formula is C13H18FN3. The minimum absolute atomic E-state index is 0.0777. The van der Waals surface area contributed by atoms with E-state index in [1.54, 1.807) is 6.07 Å². The molecule has 0 aliphatic heterocycles. The molecule has 0 saturated carbocycles. The molecule has 0 aromatic carbocycles. The van der Waals surface area contributed by atoms with E-state index < -0.39 is 0 Å². The Morgan fingerprint density at radius 3 is 2.65 bits per heavy atom. The Labute approximate surface area is 102 Å². The molecule has 0 amide bonds. The molecule has 2 unspecified atom stereocenters. The summed E-state index contributed by atoms with van der Waals surface area (Å²) in [5.74, 6) is -0.326. The third-order valence-corrected chi connectivity index (χ3v) is 2.78. The molecule has 0 fully saturated rings. The van der Waals surface area contributed by atoms with Gasteiger partial charge in [0.2, 0.25) is 0 Å². The van der Waals surface area contributed by atoms with Gasteiger partial charge in [-0.2, -0.15) is 5.26 Å². The number of rotatable bonds is 6. The fourth-order valence-electron chi connectivity index (χ4n) is 1.72. The number of hydrogen-bond acceptors (Lipinski definition) is 3. The highest BCUT2D eigenvalue weighted by Gasteiger charge is 2.15. The van der Waals surface area contributed by atoms with Gasteiger partial charge in [0.1, 0.15) is 5.82 Å². The maximum absolute atomic E-state index is 12.8. The first-order valence-electron chi connectivity index (χ1n) is 5.95. The van der Waals surface area contributed by atoms with Crippen LogP contribution in [-0.2, 0) is 0 Å². The average Bonchev–Trinajstić information content (AvgIpc) is 2.36. The lowest BCUT2D eigenvalue weighted by Crippen LogP contribution is -2.32. The number of pyridine rings is 1. The molecule has 1 rings (SSSR count). The maximum Gasteiger partial charge on any atom is 0.141 e. The van der Waals surface area contributed by atoms with Crippen LogP contribution in [-0.4, -0.2) is 11.0 Å². The number of nitrogens with zero attached hydrogens (tertiary/aromatic N) is 2. The van der Waals surface area contributed by atoms with Crippen molar-refractivity contribution >= 4 is 0 Å². The van der Waals surface area contributed by atoms with E-state index in [2.05, 4.69) is 16.4 Å². The van der Waals surface area contributed by atoms with E-state index in [-0.39, 0.29) is 17.9 Å². The third-order valence-electron chi connectivity index (χ3n) is 2.78. The van der Waals surface area contributed by atoms with Crippen LogP contribution in [0.15, 0.2) is 18.3 Å². The van der Waals surface area contributed by atoms with Crippen molar-refractivity contribution < 1.29 is 4.39 Å². The summed E-state index contributed by atoms with van der Waals surface area (Å²) in [7, 11) is 0. The number of nitriles is 1. The van der Waals surface area contributed by atoms with E-state index in [9.17, 15) is 4.39 Å². The van der Waals surface area contributed by atoms with Gasteiger partial charge >= 0.3 is 0 Å². The molecule has 92 valence electrons. The first-order chi connectivity index (χ1) is 8.21. The zero-order valence-corrected chi connectivity index (χ0v) is 10.3.